The van der Waals surface area contributed by atoms with Crippen LogP contribution in [0.1, 0.15) is 24.0 Å². The Bertz CT molecular complexity index is 1440. The van der Waals surface area contributed by atoms with Crippen molar-refractivity contribution in [2.45, 2.75) is 25.8 Å². The minimum Gasteiger partial charge on any atom is -0.328 e. The summed E-state index contributed by atoms with van der Waals surface area (Å²) in [4.78, 5) is 25.3. The van der Waals surface area contributed by atoms with Crippen molar-refractivity contribution in [3.63, 3.8) is 0 Å². The molecule has 180 valence electrons. The van der Waals surface area contributed by atoms with Gasteiger partial charge in [0, 0.05) is 53.9 Å². The summed E-state index contributed by atoms with van der Waals surface area (Å²) in [7, 11) is -2.83. The van der Waals surface area contributed by atoms with E-state index in [0.717, 1.165) is 40.0 Å². The van der Waals surface area contributed by atoms with E-state index in [1.54, 1.807) is 16.7 Å². The molecule has 0 radical (unpaired) electrons. The van der Waals surface area contributed by atoms with Gasteiger partial charge in [-0.1, -0.05) is 6.07 Å². The first-order valence-corrected chi connectivity index (χ1v) is 13.1. The second-order valence-electron chi connectivity index (χ2n) is 8.74. The number of fused-ring (bicyclic) bond motifs is 2. The number of pyridine rings is 1. The van der Waals surface area contributed by atoms with Crippen LogP contribution in [0.15, 0.2) is 55.0 Å². The fourth-order valence-corrected chi connectivity index (χ4v) is 6.21. The van der Waals surface area contributed by atoms with Gasteiger partial charge in [0.25, 0.3) is 0 Å². The molecule has 4 aromatic rings. The van der Waals surface area contributed by atoms with Gasteiger partial charge in [-0.15, -0.1) is 10.8 Å². The van der Waals surface area contributed by atoms with Crippen LogP contribution in [-0.4, -0.2) is 46.8 Å². The minimum absolute atomic E-state index is 0.0411. The van der Waals surface area contributed by atoms with Crippen molar-refractivity contribution >= 4 is 50.9 Å². The lowest BCUT2D eigenvalue weighted by Gasteiger charge is -2.38. The van der Waals surface area contributed by atoms with E-state index in [-0.39, 0.29) is 5.91 Å². The van der Waals surface area contributed by atoms with Crippen LogP contribution in [0.25, 0.3) is 11.0 Å². The zero-order valence-electron chi connectivity index (χ0n) is 18.9. The largest absolute Gasteiger partial charge is 0.328 e. The van der Waals surface area contributed by atoms with E-state index in [9.17, 15) is 13.9 Å². The predicted octanol–water partition coefficient (Wildman–Crippen LogP) is 4.38. The molecule has 0 bridgehead atoms. The van der Waals surface area contributed by atoms with Crippen molar-refractivity contribution in [1.29, 1.82) is 0 Å². The van der Waals surface area contributed by atoms with Crippen LogP contribution in [0, 0.1) is 0 Å². The van der Waals surface area contributed by atoms with Crippen LogP contribution in [0.5, 0.6) is 0 Å². The number of nitrogens with one attached hydrogen (secondary N) is 2. The Hall–Kier alpha value is -3.67. The minimum atomic E-state index is -2.83. The molecule has 1 fully saturated rings. The van der Waals surface area contributed by atoms with Crippen molar-refractivity contribution in [1.82, 2.24) is 19.5 Å². The average Bonchev–Trinajstić information content (AvgIpc) is 3.41. The Kier molecular flexibility index (Phi) is 5.32. The third-order valence-corrected chi connectivity index (χ3v) is 8.23. The molecule has 1 amide bonds. The van der Waals surface area contributed by atoms with Gasteiger partial charge in [-0.05, 0) is 48.7 Å². The van der Waals surface area contributed by atoms with Gasteiger partial charge in [0.15, 0.2) is 5.82 Å². The van der Waals surface area contributed by atoms with E-state index in [2.05, 4.69) is 20.6 Å². The number of amides is 1. The summed E-state index contributed by atoms with van der Waals surface area (Å²) < 4.78 is 24.6. The zero-order chi connectivity index (χ0) is 24.0. The second-order valence-corrected chi connectivity index (χ2v) is 10.9. The number of carbonyl (C=O) groups excluding carboxylic acids is 1. The molecule has 5 heterocycles. The van der Waals surface area contributed by atoms with E-state index in [4.69, 9.17) is 4.98 Å². The topological polar surface area (TPSA) is 128 Å². The highest BCUT2D eigenvalue weighted by Gasteiger charge is 2.31. The second kappa shape index (κ2) is 8.52. The molecule has 2 aliphatic heterocycles. The van der Waals surface area contributed by atoms with Crippen LogP contribution in [0.4, 0.5) is 23.1 Å². The summed E-state index contributed by atoms with van der Waals surface area (Å²) in [6, 6.07) is 11.6. The molecular formula is C24H25N7O3S. The van der Waals surface area contributed by atoms with Crippen LogP contribution < -0.4 is 14.9 Å². The van der Waals surface area contributed by atoms with E-state index in [0.29, 0.717) is 43.5 Å². The van der Waals surface area contributed by atoms with Gasteiger partial charge in [-0.2, -0.15) is 4.98 Å². The van der Waals surface area contributed by atoms with Crippen molar-refractivity contribution in [2.75, 3.05) is 27.2 Å². The number of anilines is 4. The highest BCUT2D eigenvalue weighted by molar-refractivity contribution is 8.25. The first kappa shape index (κ1) is 21.8. The van der Waals surface area contributed by atoms with E-state index >= 15 is 0 Å². The molecule has 1 aromatic carbocycles. The Labute approximate surface area is 203 Å². The number of nitrogens with zero attached hydrogens (tertiary/aromatic N) is 5. The van der Waals surface area contributed by atoms with Crippen molar-refractivity contribution in [3.05, 3.63) is 66.1 Å². The first-order valence-electron chi connectivity index (χ1n) is 11.5. The monoisotopic (exact) mass is 491 g/mol. The highest BCUT2D eigenvalue weighted by Crippen LogP contribution is 2.51. The lowest BCUT2D eigenvalue weighted by molar-refractivity contribution is -0.116. The molecule has 11 heteroatoms. The van der Waals surface area contributed by atoms with Gasteiger partial charge in [0.1, 0.15) is 5.65 Å². The highest BCUT2D eigenvalue weighted by atomic mass is 32.3. The Morgan fingerprint density at radius 1 is 1.14 bits per heavy atom. The molecule has 0 atom stereocenters. The summed E-state index contributed by atoms with van der Waals surface area (Å²) in [6.45, 7) is 1.05. The van der Waals surface area contributed by atoms with Gasteiger partial charge in [-0.3, -0.25) is 18.2 Å². The molecule has 6 rings (SSSR count). The summed E-state index contributed by atoms with van der Waals surface area (Å²) >= 11 is 0. The summed E-state index contributed by atoms with van der Waals surface area (Å²) in [5.41, 5.74) is 4.42. The third kappa shape index (κ3) is 4.18. The molecule has 0 saturated carbocycles. The van der Waals surface area contributed by atoms with Crippen molar-refractivity contribution in [3.8, 4) is 0 Å². The third-order valence-electron chi connectivity index (χ3n) is 6.34. The summed E-state index contributed by atoms with van der Waals surface area (Å²) in [6.07, 6.45) is 7.31. The van der Waals surface area contributed by atoms with E-state index in [1.807, 2.05) is 47.2 Å². The molecule has 1 saturated heterocycles. The molecule has 10 nitrogen and oxygen atoms in total. The number of benzene rings is 1. The van der Waals surface area contributed by atoms with Gasteiger partial charge >= 0.3 is 0 Å². The van der Waals surface area contributed by atoms with Gasteiger partial charge in [-0.25, -0.2) is 9.97 Å². The van der Waals surface area contributed by atoms with Gasteiger partial charge in [0.2, 0.25) is 11.9 Å². The van der Waals surface area contributed by atoms with Crippen molar-refractivity contribution < 1.29 is 13.9 Å². The number of hydrogen-bond acceptors (Lipinski definition) is 8. The molecular weight excluding hydrogens is 466 g/mol. The molecule has 0 aliphatic carbocycles. The van der Waals surface area contributed by atoms with E-state index in [1.165, 1.54) is 0 Å². The maximum Gasteiger partial charge on any atom is 0.229 e. The lowest BCUT2D eigenvalue weighted by atomic mass is 10.0. The Balaban J connectivity index is 1.28. The maximum absolute atomic E-state index is 11.6. The number of aromatic nitrogens is 4. The molecule has 4 N–H and O–H groups in total. The average molecular weight is 492 g/mol. The summed E-state index contributed by atoms with van der Waals surface area (Å²) in [5.74, 6) is 1.48. The standard InChI is InChI=1S/C24H25N7O3S/c32-21-7-4-16-13-19(5-6-20(16)28-21)27-24-26-14-17-8-11-30(23(17)29-24)15-18-3-1-9-25-22(18)31-10-2-12-35(31,33)34/h1,3,5-6,8-9,11,13-14,33-34H,2,4,7,10,12,15H2,(H,28,32)(H,26,27,29). The summed E-state index contributed by atoms with van der Waals surface area (Å²) in [5, 5.41) is 7.07. The Morgan fingerprint density at radius 2 is 2.06 bits per heavy atom. The van der Waals surface area contributed by atoms with E-state index < -0.39 is 10.8 Å². The van der Waals surface area contributed by atoms with Crippen LogP contribution in [-0.2, 0) is 17.8 Å². The first-order chi connectivity index (χ1) is 17.0. The van der Waals surface area contributed by atoms with Crippen molar-refractivity contribution in [2.24, 2.45) is 0 Å². The Morgan fingerprint density at radius 3 is 2.91 bits per heavy atom. The normalized spacial score (nSPS) is 17.8. The molecule has 0 spiro atoms. The smallest absolute Gasteiger partial charge is 0.229 e. The molecule has 2 aliphatic rings. The molecule has 35 heavy (non-hydrogen) atoms. The van der Waals surface area contributed by atoms with Gasteiger partial charge in [0.05, 0.1) is 12.3 Å². The fourth-order valence-electron chi connectivity index (χ4n) is 4.61. The maximum atomic E-state index is 11.6. The SMILES string of the molecule is O=C1CCc2cc(Nc3ncc4ccn(Cc5cccnc5N5CCCS5(O)O)c4n3)ccc2N1. The number of hydrogen-bond donors (Lipinski definition) is 4. The van der Waals surface area contributed by atoms with Crippen LogP contribution >= 0.6 is 10.8 Å². The number of carbonyl (C=O) groups is 1. The van der Waals surface area contributed by atoms with Gasteiger partial charge < -0.3 is 15.2 Å². The number of rotatable bonds is 5. The van der Waals surface area contributed by atoms with Crippen LogP contribution in [0.2, 0.25) is 0 Å². The molecule has 3 aromatic heterocycles. The van der Waals surface area contributed by atoms with Crippen LogP contribution in [0.3, 0.4) is 0 Å². The lowest BCUT2D eigenvalue weighted by Crippen LogP contribution is -2.24. The fraction of sp³-hybridized carbons (Fsp3) is 0.250. The quantitative estimate of drug-likeness (QED) is 0.324. The zero-order valence-corrected chi connectivity index (χ0v) is 19.7. The predicted molar refractivity (Wildman–Crippen MR) is 137 cm³/mol. The number of aryl methyl sites for hydroxylation is 1. The molecule has 0 unspecified atom stereocenters.